The number of hydrogen-bond acceptors (Lipinski definition) is 3. The van der Waals surface area contributed by atoms with Gasteiger partial charge >= 0.3 is 0 Å². The molecule has 1 rings (SSSR count). The van der Waals surface area contributed by atoms with Crippen LogP contribution < -0.4 is 0 Å². The maximum atomic E-state index is 10.6. The predicted molar refractivity (Wildman–Crippen MR) is 53.2 cm³/mol. The van der Waals surface area contributed by atoms with Crippen molar-refractivity contribution in [1.82, 2.24) is 4.98 Å². The summed E-state index contributed by atoms with van der Waals surface area (Å²) >= 11 is 3.21. The molecule has 0 saturated heterocycles. The van der Waals surface area contributed by atoms with Crippen LogP contribution in [0.3, 0.4) is 0 Å². The van der Waals surface area contributed by atoms with Crippen LogP contribution in [0.25, 0.3) is 5.76 Å². The monoisotopic (exact) mass is 241 g/mol. The predicted octanol–water partition coefficient (Wildman–Crippen LogP) is 2.33. The van der Waals surface area contributed by atoms with Gasteiger partial charge in [0, 0.05) is 28.5 Å². The average molecular weight is 242 g/mol. The Morgan fingerprint density at radius 1 is 1.62 bits per heavy atom. The highest BCUT2D eigenvalue weighted by Gasteiger charge is 2.00. The van der Waals surface area contributed by atoms with Crippen LogP contribution in [-0.2, 0) is 4.79 Å². The summed E-state index contributed by atoms with van der Waals surface area (Å²) in [6, 6.07) is 1.68. The van der Waals surface area contributed by atoms with Crippen LogP contribution in [0.1, 0.15) is 12.5 Å². The Morgan fingerprint density at radius 2 is 2.31 bits per heavy atom. The first-order valence-corrected chi connectivity index (χ1v) is 4.41. The van der Waals surface area contributed by atoms with E-state index in [1.54, 1.807) is 12.3 Å². The van der Waals surface area contributed by atoms with Gasteiger partial charge in [0.1, 0.15) is 5.76 Å². The summed E-state index contributed by atoms with van der Waals surface area (Å²) in [6.45, 7) is 1.38. The van der Waals surface area contributed by atoms with E-state index in [2.05, 4.69) is 20.9 Å². The molecular formula is C9H8BrNO2. The maximum absolute atomic E-state index is 10.6. The summed E-state index contributed by atoms with van der Waals surface area (Å²) in [5.41, 5.74) is 0.518. The minimum atomic E-state index is -0.197. The summed E-state index contributed by atoms with van der Waals surface area (Å²) in [5, 5.41) is 9.39. The van der Waals surface area contributed by atoms with E-state index >= 15 is 0 Å². The molecule has 0 aliphatic rings. The van der Waals surface area contributed by atoms with Crippen LogP contribution in [-0.4, -0.2) is 15.9 Å². The fourth-order valence-electron chi connectivity index (χ4n) is 0.828. The van der Waals surface area contributed by atoms with Gasteiger partial charge in [-0.15, -0.1) is 0 Å². The smallest absolute Gasteiger partial charge is 0.156 e. The number of pyridine rings is 1. The van der Waals surface area contributed by atoms with E-state index < -0.39 is 0 Å². The zero-order valence-electron chi connectivity index (χ0n) is 6.99. The van der Waals surface area contributed by atoms with Gasteiger partial charge in [0.25, 0.3) is 0 Å². The SMILES string of the molecule is CC(=O)/C=C(\O)c1cncc(Br)c1. The molecule has 3 nitrogen and oxygen atoms in total. The van der Waals surface area contributed by atoms with Crippen LogP contribution >= 0.6 is 15.9 Å². The number of aromatic nitrogens is 1. The van der Waals surface area contributed by atoms with Gasteiger partial charge in [0.2, 0.25) is 0 Å². The van der Waals surface area contributed by atoms with Crippen molar-refractivity contribution < 1.29 is 9.90 Å². The van der Waals surface area contributed by atoms with E-state index in [-0.39, 0.29) is 11.5 Å². The van der Waals surface area contributed by atoms with Crippen LogP contribution in [0, 0.1) is 0 Å². The number of carbonyl (C=O) groups excluding carboxylic acids is 1. The van der Waals surface area contributed by atoms with E-state index in [0.717, 1.165) is 10.5 Å². The Kier molecular flexibility index (Phi) is 3.19. The molecule has 0 saturated carbocycles. The van der Waals surface area contributed by atoms with Crippen molar-refractivity contribution in [2.75, 3.05) is 0 Å². The molecule has 0 radical (unpaired) electrons. The number of nitrogens with zero attached hydrogens (tertiary/aromatic N) is 1. The van der Waals surface area contributed by atoms with Crippen molar-refractivity contribution in [3.63, 3.8) is 0 Å². The quantitative estimate of drug-likeness (QED) is 0.639. The molecule has 13 heavy (non-hydrogen) atoms. The van der Waals surface area contributed by atoms with Gasteiger partial charge in [0.15, 0.2) is 5.78 Å². The van der Waals surface area contributed by atoms with Crippen LogP contribution in [0.5, 0.6) is 0 Å². The molecule has 68 valence electrons. The second-order valence-corrected chi connectivity index (χ2v) is 3.45. The zero-order chi connectivity index (χ0) is 9.84. The average Bonchev–Trinajstić information content (AvgIpc) is 2.03. The van der Waals surface area contributed by atoms with Crippen LogP contribution in [0.4, 0.5) is 0 Å². The van der Waals surface area contributed by atoms with Gasteiger partial charge in [-0.3, -0.25) is 9.78 Å². The van der Waals surface area contributed by atoms with Crippen molar-refractivity contribution >= 4 is 27.5 Å². The lowest BCUT2D eigenvalue weighted by Gasteiger charge is -1.98. The summed E-state index contributed by atoms with van der Waals surface area (Å²) in [5.74, 6) is -0.265. The van der Waals surface area contributed by atoms with E-state index in [4.69, 9.17) is 0 Å². The third kappa shape index (κ3) is 2.99. The molecule has 1 N–H and O–H groups in total. The Morgan fingerprint density at radius 3 is 2.85 bits per heavy atom. The van der Waals surface area contributed by atoms with E-state index in [1.165, 1.54) is 13.1 Å². The number of aliphatic hydroxyl groups excluding tert-OH is 1. The van der Waals surface area contributed by atoms with Crippen molar-refractivity contribution in [3.8, 4) is 0 Å². The standard InChI is InChI=1S/C9H8BrNO2/c1-6(12)2-9(13)7-3-8(10)5-11-4-7/h2-5,13H,1H3/b9-2-. The number of halogens is 1. The Bertz CT molecular complexity index is 360. The highest BCUT2D eigenvalue weighted by Crippen LogP contribution is 2.15. The molecular weight excluding hydrogens is 234 g/mol. The van der Waals surface area contributed by atoms with Gasteiger partial charge < -0.3 is 5.11 Å². The first-order valence-electron chi connectivity index (χ1n) is 3.62. The van der Waals surface area contributed by atoms with Crippen molar-refractivity contribution in [1.29, 1.82) is 0 Å². The highest BCUT2D eigenvalue weighted by molar-refractivity contribution is 9.10. The lowest BCUT2D eigenvalue weighted by molar-refractivity contribution is -0.112. The molecule has 1 aromatic heterocycles. The van der Waals surface area contributed by atoms with E-state index in [9.17, 15) is 9.90 Å². The molecule has 0 unspecified atom stereocenters. The summed E-state index contributed by atoms with van der Waals surface area (Å²) < 4.78 is 0.758. The van der Waals surface area contributed by atoms with E-state index in [0.29, 0.717) is 5.56 Å². The van der Waals surface area contributed by atoms with Gasteiger partial charge in [-0.05, 0) is 28.9 Å². The number of hydrogen-bond donors (Lipinski definition) is 1. The summed E-state index contributed by atoms with van der Waals surface area (Å²) in [6.07, 6.45) is 4.24. The third-order valence-electron chi connectivity index (χ3n) is 1.34. The number of rotatable bonds is 2. The number of allylic oxidation sites excluding steroid dienone is 1. The van der Waals surface area contributed by atoms with Crippen LogP contribution in [0.15, 0.2) is 29.0 Å². The molecule has 1 aromatic rings. The largest absolute Gasteiger partial charge is 0.507 e. The highest BCUT2D eigenvalue weighted by atomic mass is 79.9. The third-order valence-corrected chi connectivity index (χ3v) is 1.77. The molecule has 0 bridgehead atoms. The Labute approximate surface area is 84.2 Å². The second kappa shape index (κ2) is 4.18. The zero-order valence-corrected chi connectivity index (χ0v) is 8.58. The summed E-state index contributed by atoms with van der Waals surface area (Å²) in [7, 11) is 0. The Hall–Kier alpha value is -1.16. The molecule has 0 aliphatic carbocycles. The minimum absolute atomic E-state index is 0.0682. The molecule has 1 heterocycles. The van der Waals surface area contributed by atoms with Gasteiger partial charge in [-0.1, -0.05) is 0 Å². The Balaban J connectivity index is 3.02. The fraction of sp³-hybridized carbons (Fsp3) is 0.111. The fourth-order valence-corrected chi connectivity index (χ4v) is 1.19. The topological polar surface area (TPSA) is 50.2 Å². The van der Waals surface area contributed by atoms with Crippen molar-refractivity contribution in [2.24, 2.45) is 0 Å². The minimum Gasteiger partial charge on any atom is -0.507 e. The van der Waals surface area contributed by atoms with Crippen molar-refractivity contribution in [2.45, 2.75) is 6.92 Å². The molecule has 4 heteroatoms. The first-order chi connectivity index (χ1) is 6.09. The number of carbonyl (C=O) groups is 1. The molecule has 0 aliphatic heterocycles. The molecule has 0 amide bonds. The number of aliphatic hydroxyl groups is 1. The maximum Gasteiger partial charge on any atom is 0.156 e. The molecule has 0 atom stereocenters. The number of ketones is 1. The molecule has 0 spiro atoms. The second-order valence-electron chi connectivity index (χ2n) is 2.53. The molecule has 0 aromatic carbocycles. The summed E-state index contributed by atoms with van der Waals surface area (Å²) in [4.78, 5) is 14.5. The molecule has 0 fully saturated rings. The lowest BCUT2D eigenvalue weighted by atomic mass is 10.2. The van der Waals surface area contributed by atoms with Gasteiger partial charge in [-0.2, -0.15) is 0 Å². The first kappa shape index (κ1) is 9.92. The van der Waals surface area contributed by atoms with Crippen LogP contribution in [0.2, 0.25) is 0 Å². The van der Waals surface area contributed by atoms with Gasteiger partial charge in [-0.25, -0.2) is 0 Å². The normalized spacial score (nSPS) is 11.4. The lowest BCUT2D eigenvalue weighted by Crippen LogP contribution is -1.89. The van der Waals surface area contributed by atoms with Crippen molar-refractivity contribution in [3.05, 3.63) is 34.6 Å². The van der Waals surface area contributed by atoms with E-state index in [1.807, 2.05) is 0 Å². The van der Waals surface area contributed by atoms with Gasteiger partial charge in [0.05, 0.1) is 0 Å².